The Balaban J connectivity index is 2.23. The van der Waals surface area contributed by atoms with Crippen LogP contribution in [0.5, 0.6) is 11.5 Å². The second kappa shape index (κ2) is 12.1. The van der Waals surface area contributed by atoms with Crippen molar-refractivity contribution in [3.05, 3.63) is 59.2 Å². The van der Waals surface area contributed by atoms with Crippen LogP contribution in [0.1, 0.15) is 50.3 Å². The summed E-state index contributed by atoms with van der Waals surface area (Å²) >= 11 is 0. The van der Waals surface area contributed by atoms with E-state index in [2.05, 4.69) is 5.32 Å². The summed E-state index contributed by atoms with van der Waals surface area (Å²) in [4.78, 5) is 27.9. The molecule has 2 aromatic rings. The summed E-state index contributed by atoms with van der Waals surface area (Å²) in [5.41, 5.74) is 3.02. The first-order chi connectivity index (χ1) is 15.3. The van der Waals surface area contributed by atoms with Gasteiger partial charge in [-0.1, -0.05) is 43.7 Å². The van der Waals surface area contributed by atoms with Crippen LogP contribution in [0.15, 0.2) is 42.5 Å². The molecule has 0 saturated carbocycles. The van der Waals surface area contributed by atoms with E-state index in [0.29, 0.717) is 18.7 Å². The highest BCUT2D eigenvalue weighted by atomic mass is 16.5. The van der Waals surface area contributed by atoms with Crippen molar-refractivity contribution in [3.8, 4) is 11.5 Å². The molecule has 0 spiro atoms. The Labute approximate surface area is 191 Å². The Hall–Kier alpha value is -3.02. The summed E-state index contributed by atoms with van der Waals surface area (Å²) in [6.07, 6.45) is 1.33. The lowest BCUT2D eigenvalue weighted by molar-refractivity contribution is -0.143. The predicted molar refractivity (Wildman–Crippen MR) is 127 cm³/mol. The zero-order chi connectivity index (χ0) is 23.7. The number of hydrogen-bond acceptors (Lipinski definition) is 4. The molecule has 0 fully saturated rings. The Bertz CT molecular complexity index is 895. The number of hydrogen-bond donors (Lipinski definition) is 1. The number of carbonyl (C=O) groups excluding carboxylic acids is 2. The Kier molecular flexibility index (Phi) is 9.57. The highest BCUT2D eigenvalue weighted by Gasteiger charge is 2.29. The first-order valence-electron chi connectivity index (χ1n) is 11.2. The van der Waals surface area contributed by atoms with Crippen molar-refractivity contribution in [2.24, 2.45) is 0 Å². The maximum Gasteiger partial charge on any atom is 0.261 e. The van der Waals surface area contributed by atoms with Crippen LogP contribution in [0, 0.1) is 13.8 Å². The SMILES string of the molecule is CC[C@H](C)NC(=O)[C@H](CC)N(Cc1ccc(OC)cc1)C(=O)COc1ccc(C)cc1C. The molecule has 174 valence electrons. The number of aryl methyl sites for hydroxylation is 2. The van der Waals surface area contributed by atoms with Gasteiger partial charge in [0, 0.05) is 12.6 Å². The molecule has 0 saturated heterocycles. The molecular weight excluding hydrogens is 404 g/mol. The molecule has 0 aromatic heterocycles. The number of carbonyl (C=O) groups is 2. The average Bonchev–Trinajstić information content (AvgIpc) is 2.78. The van der Waals surface area contributed by atoms with Gasteiger partial charge in [-0.05, 0) is 62.9 Å². The molecule has 6 heteroatoms. The van der Waals surface area contributed by atoms with E-state index in [0.717, 1.165) is 28.9 Å². The van der Waals surface area contributed by atoms with Crippen molar-refractivity contribution < 1.29 is 19.1 Å². The van der Waals surface area contributed by atoms with Crippen molar-refractivity contribution in [3.63, 3.8) is 0 Å². The van der Waals surface area contributed by atoms with Crippen LogP contribution >= 0.6 is 0 Å². The third kappa shape index (κ3) is 7.01. The fraction of sp³-hybridized carbons (Fsp3) is 0.462. The van der Waals surface area contributed by atoms with Crippen LogP contribution in [0.4, 0.5) is 0 Å². The van der Waals surface area contributed by atoms with Crippen molar-refractivity contribution in [1.82, 2.24) is 10.2 Å². The highest BCUT2D eigenvalue weighted by molar-refractivity contribution is 5.88. The van der Waals surface area contributed by atoms with E-state index < -0.39 is 6.04 Å². The molecule has 2 rings (SSSR count). The van der Waals surface area contributed by atoms with Gasteiger partial charge in [0.15, 0.2) is 6.61 Å². The summed E-state index contributed by atoms with van der Waals surface area (Å²) in [6.45, 7) is 10.0. The summed E-state index contributed by atoms with van der Waals surface area (Å²) in [7, 11) is 1.61. The zero-order valence-electron chi connectivity index (χ0n) is 20.1. The van der Waals surface area contributed by atoms with E-state index in [9.17, 15) is 9.59 Å². The first kappa shape index (κ1) is 25.2. The largest absolute Gasteiger partial charge is 0.497 e. The first-order valence-corrected chi connectivity index (χ1v) is 11.2. The van der Waals surface area contributed by atoms with E-state index in [1.54, 1.807) is 12.0 Å². The predicted octanol–water partition coefficient (Wildman–Crippen LogP) is 4.41. The third-order valence-corrected chi connectivity index (χ3v) is 5.58. The lowest BCUT2D eigenvalue weighted by Gasteiger charge is -2.31. The summed E-state index contributed by atoms with van der Waals surface area (Å²) in [5, 5.41) is 3.02. The van der Waals surface area contributed by atoms with E-state index >= 15 is 0 Å². The Morgan fingerprint density at radius 1 is 1.03 bits per heavy atom. The van der Waals surface area contributed by atoms with Gasteiger partial charge in [0.2, 0.25) is 5.91 Å². The van der Waals surface area contributed by atoms with Gasteiger partial charge in [-0.15, -0.1) is 0 Å². The van der Waals surface area contributed by atoms with E-state index in [4.69, 9.17) is 9.47 Å². The zero-order valence-corrected chi connectivity index (χ0v) is 20.1. The molecule has 2 atom stereocenters. The molecule has 0 bridgehead atoms. The lowest BCUT2D eigenvalue weighted by atomic mass is 10.1. The quantitative estimate of drug-likeness (QED) is 0.562. The van der Waals surface area contributed by atoms with Crippen molar-refractivity contribution in [2.45, 2.75) is 66.1 Å². The molecule has 32 heavy (non-hydrogen) atoms. The molecule has 1 N–H and O–H groups in total. The van der Waals surface area contributed by atoms with Gasteiger partial charge in [0.25, 0.3) is 5.91 Å². The van der Waals surface area contributed by atoms with Crippen molar-refractivity contribution in [2.75, 3.05) is 13.7 Å². The number of rotatable bonds is 11. The van der Waals surface area contributed by atoms with Crippen LogP contribution < -0.4 is 14.8 Å². The number of ether oxygens (including phenoxy) is 2. The molecule has 0 aliphatic carbocycles. The van der Waals surface area contributed by atoms with Gasteiger partial charge in [0.05, 0.1) is 7.11 Å². The smallest absolute Gasteiger partial charge is 0.261 e. The number of amides is 2. The highest BCUT2D eigenvalue weighted by Crippen LogP contribution is 2.20. The molecule has 0 heterocycles. The standard InChI is InChI=1S/C26H36N2O4/c1-7-20(5)27-26(30)23(8-2)28(16-21-10-12-22(31-6)13-11-21)25(29)17-32-24-14-9-18(3)15-19(24)4/h9-15,20,23H,7-8,16-17H2,1-6H3,(H,27,30)/t20-,23-/m0/s1. The maximum absolute atomic E-state index is 13.3. The fourth-order valence-electron chi connectivity index (χ4n) is 3.47. The van der Waals surface area contributed by atoms with Gasteiger partial charge >= 0.3 is 0 Å². The van der Waals surface area contributed by atoms with E-state index in [1.165, 1.54) is 0 Å². The monoisotopic (exact) mass is 440 g/mol. The van der Waals surface area contributed by atoms with Crippen LogP contribution in [-0.2, 0) is 16.1 Å². The molecule has 0 unspecified atom stereocenters. The number of nitrogens with zero attached hydrogens (tertiary/aromatic N) is 1. The molecular formula is C26H36N2O4. The average molecular weight is 441 g/mol. The summed E-state index contributed by atoms with van der Waals surface area (Å²) in [6, 6.07) is 12.8. The topological polar surface area (TPSA) is 67.9 Å². The lowest BCUT2D eigenvalue weighted by Crippen LogP contribution is -2.51. The molecule has 6 nitrogen and oxygen atoms in total. The second-order valence-electron chi connectivity index (χ2n) is 8.17. The number of methoxy groups -OCH3 is 1. The van der Waals surface area contributed by atoms with Gasteiger partial charge in [0.1, 0.15) is 17.5 Å². The molecule has 0 aliphatic rings. The summed E-state index contributed by atoms with van der Waals surface area (Å²) in [5.74, 6) is 1.04. The fourth-order valence-corrected chi connectivity index (χ4v) is 3.47. The molecule has 2 aromatic carbocycles. The van der Waals surface area contributed by atoms with Crippen LogP contribution in [0.25, 0.3) is 0 Å². The normalized spacial score (nSPS) is 12.6. The Morgan fingerprint density at radius 3 is 2.28 bits per heavy atom. The van der Waals surface area contributed by atoms with Crippen LogP contribution in [-0.4, -0.2) is 42.5 Å². The minimum atomic E-state index is -0.582. The van der Waals surface area contributed by atoms with Crippen molar-refractivity contribution >= 4 is 11.8 Å². The molecule has 0 aliphatic heterocycles. The van der Waals surface area contributed by atoms with Gasteiger partial charge in [-0.2, -0.15) is 0 Å². The van der Waals surface area contributed by atoms with Gasteiger partial charge in [-0.3, -0.25) is 9.59 Å². The van der Waals surface area contributed by atoms with Crippen LogP contribution in [0.2, 0.25) is 0 Å². The minimum Gasteiger partial charge on any atom is -0.497 e. The second-order valence-corrected chi connectivity index (χ2v) is 8.17. The van der Waals surface area contributed by atoms with Crippen molar-refractivity contribution in [1.29, 1.82) is 0 Å². The number of nitrogens with one attached hydrogen (secondary N) is 1. The van der Waals surface area contributed by atoms with Gasteiger partial charge < -0.3 is 19.7 Å². The number of benzene rings is 2. The maximum atomic E-state index is 13.3. The Morgan fingerprint density at radius 2 is 1.72 bits per heavy atom. The summed E-state index contributed by atoms with van der Waals surface area (Å²) < 4.78 is 11.1. The minimum absolute atomic E-state index is 0.0425. The van der Waals surface area contributed by atoms with Crippen LogP contribution in [0.3, 0.4) is 0 Å². The third-order valence-electron chi connectivity index (χ3n) is 5.58. The van der Waals surface area contributed by atoms with Gasteiger partial charge in [-0.25, -0.2) is 0 Å². The molecule has 0 radical (unpaired) electrons. The van der Waals surface area contributed by atoms with E-state index in [1.807, 2.05) is 77.1 Å². The van der Waals surface area contributed by atoms with E-state index in [-0.39, 0.29) is 24.5 Å². The molecule has 2 amide bonds.